The van der Waals surface area contributed by atoms with E-state index in [1.54, 1.807) is 24.3 Å². The van der Waals surface area contributed by atoms with Crippen LogP contribution in [0.25, 0.3) is 0 Å². The minimum atomic E-state index is -0.328. The van der Waals surface area contributed by atoms with E-state index in [-0.39, 0.29) is 34.6 Å². The molecule has 4 aromatic carbocycles. The van der Waals surface area contributed by atoms with Gasteiger partial charge < -0.3 is 15.5 Å². The molecule has 0 saturated carbocycles. The summed E-state index contributed by atoms with van der Waals surface area (Å²) in [4.78, 5) is 12.9. The maximum Gasteiger partial charge on any atom is 0.196 e. The molecule has 0 amide bonds. The number of hydrogen-bond acceptors (Lipinski definition) is 4. The molecule has 3 N–H and O–H groups in total. The van der Waals surface area contributed by atoms with Gasteiger partial charge in [-0.2, -0.15) is 0 Å². The van der Waals surface area contributed by atoms with Crippen molar-refractivity contribution in [1.29, 1.82) is 0 Å². The van der Waals surface area contributed by atoms with Crippen LogP contribution in [-0.2, 0) is 0 Å². The van der Waals surface area contributed by atoms with E-state index in [0.717, 1.165) is 11.1 Å². The zero-order valence-electron chi connectivity index (χ0n) is 16.2. The number of nitrogens with one attached hydrogen (secondary N) is 1. The number of phenols is 2. The predicted molar refractivity (Wildman–Crippen MR) is 118 cm³/mol. The van der Waals surface area contributed by atoms with Crippen LogP contribution in [0.1, 0.15) is 33.1 Å². The number of hydrogen-bond donors (Lipinski definition) is 3. The lowest BCUT2D eigenvalue weighted by Crippen LogP contribution is -2.13. The van der Waals surface area contributed by atoms with Gasteiger partial charge in [-0.3, -0.25) is 4.79 Å². The largest absolute Gasteiger partial charge is 0.506 e. The standard InChI is InChI=1S/C26H21NO3/c28-22-17-16-21(25(29)20-14-8-3-9-15-20)26(30)24(22)27-23(18-10-4-1-5-11-18)19-12-6-2-7-13-19/h1-17,23,27-28,30H. The zero-order chi connectivity index (χ0) is 20.9. The minimum Gasteiger partial charge on any atom is -0.506 e. The number of carbonyl (C=O) groups is 1. The molecule has 0 unspecified atom stereocenters. The van der Waals surface area contributed by atoms with Gasteiger partial charge in [-0.15, -0.1) is 0 Å². The molecule has 0 heterocycles. The summed E-state index contributed by atoms with van der Waals surface area (Å²) < 4.78 is 0. The van der Waals surface area contributed by atoms with Gasteiger partial charge in [0.2, 0.25) is 0 Å². The van der Waals surface area contributed by atoms with Crippen LogP contribution in [0.3, 0.4) is 0 Å². The molecule has 0 bridgehead atoms. The number of anilines is 1. The number of rotatable bonds is 6. The van der Waals surface area contributed by atoms with Crippen molar-refractivity contribution in [1.82, 2.24) is 0 Å². The highest BCUT2D eigenvalue weighted by atomic mass is 16.3. The zero-order valence-corrected chi connectivity index (χ0v) is 16.2. The Balaban J connectivity index is 1.76. The van der Waals surface area contributed by atoms with Crippen LogP contribution in [0.2, 0.25) is 0 Å². The van der Waals surface area contributed by atoms with Gasteiger partial charge in [-0.05, 0) is 23.3 Å². The average molecular weight is 395 g/mol. The van der Waals surface area contributed by atoms with Gasteiger partial charge in [0, 0.05) is 5.56 Å². The quantitative estimate of drug-likeness (QED) is 0.297. The smallest absolute Gasteiger partial charge is 0.196 e. The predicted octanol–water partition coefficient (Wildman–Crippen LogP) is 5.53. The summed E-state index contributed by atoms with van der Waals surface area (Å²) in [5.74, 6) is -0.721. The van der Waals surface area contributed by atoms with Crippen LogP contribution in [0, 0.1) is 0 Å². The molecule has 4 nitrogen and oxygen atoms in total. The fourth-order valence-corrected chi connectivity index (χ4v) is 3.45. The maximum absolute atomic E-state index is 12.9. The van der Waals surface area contributed by atoms with E-state index < -0.39 is 0 Å². The van der Waals surface area contributed by atoms with Gasteiger partial charge in [-0.1, -0.05) is 91.0 Å². The van der Waals surface area contributed by atoms with Crippen LogP contribution in [0.15, 0.2) is 103 Å². The molecule has 0 aliphatic rings. The van der Waals surface area contributed by atoms with Crippen molar-refractivity contribution in [3.63, 3.8) is 0 Å². The van der Waals surface area contributed by atoms with Crippen molar-refractivity contribution in [2.45, 2.75) is 6.04 Å². The third kappa shape index (κ3) is 3.89. The minimum absolute atomic E-state index is 0.120. The highest BCUT2D eigenvalue weighted by Gasteiger charge is 2.22. The lowest BCUT2D eigenvalue weighted by atomic mass is 9.97. The highest BCUT2D eigenvalue weighted by molar-refractivity contribution is 6.11. The second-order valence-corrected chi connectivity index (χ2v) is 6.95. The van der Waals surface area contributed by atoms with Crippen molar-refractivity contribution >= 4 is 11.5 Å². The van der Waals surface area contributed by atoms with Gasteiger partial charge in [0.05, 0.1) is 11.6 Å². The number of phenolic OH excluding ortho intramolecular Hbond substituents is 2. The Morgan fingerprint density at radius 2 is 1.17 bits per heavy atom. The van der Waals surface area contributed by atoms with E-state index in [2.05, 4.69) is 5.32 Å². The summed E-state index contributed by atoms with van der Waals surface area (Å²) >= 11 is 0. The van der Waals surface area contributed by atoms with Crippen molar-refractivity contribution in [2.75, 3.05) is 5.32 Å². The SMILES string of the molecule is O=C(c1ccccc1)c1ccc(O)c(NC(c2ccccc2)c2ccccc2)c1O. The number of ketones is 1. The molecule has 0 aromatic heterocycles. The summed E-state index contributed by atoms with van der Waals surface area (Å²) in [6, 6.07) is 30.7. The monoisotopic (exact) mass is 395 g/mol. The Morgan fingerprint density at radius 1 is 0.667 bits per heavy atom. The lowest BCUT2D eigenvalue weighted by Gasteiger charge is -2.23. The van der Waals surface area contributed by atoms with E-state index in [9.17, 15) is 15.0 Å². The second kappa shape index (κ2) is 8.53. The van der Waals surface area contributed by atoms with Crippen LogP contribution in [0.4, 0.5) is 5.69 Å². The van der Waals surface area contributed by atoms with Crippen molar-refractivity contribution in [3.8, 4) is 11.5 Å². The Morgan fingerprint density at radius 3 is 1.70 bits per heavy atom. The van der Waals surface area contributed by atoms with E-state index in [1.165, 1.54) is 12.1 Å². The van der Waals surface area contributed by atoms with Crippen LogP contribution in [-0.4, -0.2) is 16.0 Å². The van der Waals surface area contributed by atoms with Crippen LogP contribution < -0.4 is 5.32 Å². The molecule has 0 radical (unpaired) electrons. The van der Waals surface area contributed by atoms with Crippen molar-refractivity contribution in [3.05, 3.63) is 125 Å². The normalized spacial score (nSPS) is 10.7. The maximum atomic E-state index is 12.9. The highest BCUT2D eigenvalue weighted by Crippen LogP contribution is 2.40. The number of benzene rings is 4. The van der Waals surface area contributed by atoms with Gasteiger partial charge in [0.1, 0.15) is 11.4 Å². The molecular weight excluding hydrogens is 374 g/mol. The molecule has 30 heavy (non-hydrogen) atoms. The first-order valence-corrected chi connectivity index (χ1v) is 9.66. The number of aromatic hydroxyl groups is 2. The van der Waals surface area contributed by atoms with Gasteiger partial charge in [-0.25, -0.2) is 0 Å². The van der Waals surface area contributed by atoms with Gasteiger partial charge in [0.25, 0.3) is 0 Å². The first kappa shape index (κ1) is 19.3. The molecule has 0 fully saturated rings. The first-order chi connectivity index (χ1) is 14.6. The number of carbonyl (C=O) groups excluding carboxylic acids is 1. The average Bonchev–Trinajstić information content (AvgIpc) is 2.80. The fourth-order valence-electron chi connectivity index (χ4n) is 3.45. The van der Waals surface area contributed by atoms with E-state index in [4.69, 9.17) is 0 Å². The molecule has 4 rings (SSSR count). The molecule has 148 valence electrons. The molecular formula is C26H21NO3. The van der Waals surface area contributed by atoms with Gasteiger partial charge >= 0.3 is 0 Å². The Kier molecular flexibility index (Phi) is 5.48. The molecule has 0 aliphatic heterocycles. The molecule has 4 aromatic rings. The molecule has 4 heteroatoms. The second-order valence-electron chi connectivity index (χ2n) is 6.95. The van der Waals surface area contributed by atoms with Crippen molar-refractivity contribution < 1.29 is 15.0 Å². The Hall–Kier alpha value is -4.05. The topological polar surface area (TPSA) is 69.6 Å². The summed E-state index contributed by atoms with van der Waals surface area (Å²) in [7, 11) is 0. The summed E-state index contributed by atoms with van der Waals surface area (Å²) in [5.41, 5.74) is 2.63. The molecule has 0 saturated heterocycles. The summed E-state index contributed by atoms with van der Waals surface area (Å²) in [5, 5.41) is 24.6. The van der Waals surface area contributed by atoms with Crippen LogP contribution >= 0.6 is 0 Å². The molecule has 0 spiro atoms. The fraction of sp³-hybridized carbons (Fsp3) is 0.0385. The Labute approximate surface area is 175 Å². The summed E-state index contributed by atoms with van der Waals surface area (Å²) in [6.45, 7) is 0. The van der Waals surface area contributed by atoms with Crippen molar-refractivity contribution in [2.24, 2.45) is 0 Å². The van der Waals surface area contributed by atoms with Gasteiger partial charge in [0.15, 0.2) is 11.5 Å². The third-order valence-corrected chi connectivity index (χ3v) is 4.99. The third-order valence-electron chi connectivity index (χ3n) is 4.99. The lowest BCUT2D eigenvalue weighted by molar-refractivity contribution is 0.103. The van der Waals surface area contributed by atoms with Crippen LogP contribution in [0.5, 0.6) is 11.5 Å². The molecule has 0 aliphatic carbocycles. The molecule has 0 atom stereocenters. The Bertz CT molecular complexity index is 1100. The van der Waals surface area contributed by atoms with E-state index in [1.807, 2.05) is 66.7 Å². The van der Waals surface area contributed by atoms with E-state index >= 15 is 0 Å². The summed E-state index contributed by atoms with van der Waals surface area (Å²) in [6.07, 6.45) is 0. The first-order valence-electron chi connectivity index (χ1n) is 9.66. The van der Waals surface area contributed by atoms with E-state index in [0.29, 0.717) is 5.56 Å².